The molecule has 0 spiro atoms. The van der Waals surface area contributed by atoms with E-state index in [1.807, 2.05) is 6.07 Å². The summed E-state index contributed by atoms with van der Waals surface area (Å²) in [5.41, 5.74) is 8.37. The molecule has 0 radical (unpaired) electrons. The van der Waals surface area contributed by atoms with Crippen LogP contribution in [-0.2, 0) is 0 Å². The standard InChI is InChI=1S/C22H33N7.HI/c1-3-18(2)19-6-8-20(9-7-19)27-21(23)24-12-5-13-28-14-16-29(17-15-28)22-25-10-4-11-26-22;/h4,6-11,18H,3,5,12-17H2,1-2H3,(H3,23,24,27);1H. The Hall–Kier alpha value is -1.94. The highest BCUT2D eigenvalue weighted by atomic mass is 127. The Morgan fingerprint density at radius 2 is 1.80 bits per heavy atom. The molecule has 0 amide bonds. The van der Waals surface area contributed by atoms with Gasteiger partial charge in [-0.15, -0.1) is 24.0 Å². The van der Waals surface area contributed by atoms with Crippen LogP contribution in [0.4, 0.5) is 11.6 Å². The summed E-state index contributed by atoms with van der Waals surface area (Å²) >= 11 is 0. The molecule has 0 saturated carbocycles. The predicted octanol–water partition coefficient (Wildman–Crippen LogP) is 3.55. The predicted molar refractivity (Wildman–Crippen MR) is 136 cm³/mol. The average molecular weight is 523 g/mol. The minimum absolute atomic E-state index is 0. The van der Waals surface area contributed by atoms with Crippen LogP contribution in [0, 0.1) is 0 Å². The summed E-state index contributed by atoms with van der Waals surface area (Å²) in [7, 11) is 0. The van der Waals surface area contributed by atoms with Gasteiger partial charge in [-0.1, -0.05) is 26.0 Å². The van der Waals surface area contributed by atoms with Gasteiger partial charge in [0.25, 0.3) is 0 Å². The van der Waals surface area contributed by atoms with Crippen LogP contribution in [0.1, 0.15) is 38.2 Å². The molecule has 8 heteroatoms. The van der Waals surface area contributed by atoms with Crippen molar-refractivity contribution >= 4 is 41.6 Å². The molecular weight excluding hydrogens is 489 g/mol. The second-order valence-electron chi connectivity index (χ2n) is 7.55. The van der Waals surface area contributed by atoms with Crippen molar-refractivity contribution in [2.45, 2.75) is 32.6 Å². The third kappa shape index (κ3) is 7.39. The molecule has 30 heavy (non-hydrogen) atoms. The van der Waals surface area contributed by atoms with Gasteiger partial charge < -0.3 is 16.0 Å². The fourth-order valence-corrected chi connectivity index (χ4v) is 3.44. The van der Waals surface area contributed by atoms with Crippen LogP contribution in [0.5, 0.6) is 0 Å². The van der Waals surface area contributed by atoms with Crippen molar-refractivity contribution in [3.8, 4) is 0 Å². The highest BCUT2D eigenvalue weighted by molar-refractivity contribution is 14.0. The van der Waals surface area contributed by atoms with Crippen molar-refractivity contribution in [1.29, 1.82) is 0 Å². The maximum absolute atomic E-state index is 6.04. The van der Waals surface area contributed by atoms with Gasteiger partial charge in [0.15, 0.2) is 5.96 Å². The Morgan fingerprint density at radius 1 is 1.13 bits per heavy atom. The van der Waals surface area contributed by atoms with E-state index in [4.69, 9.17) is 5.73 Å². The number of anilines is 2. The number of halogens is 1. The van der Waals surface area contributed by atoms with Crippen molar-refractivity contribution in [2.24, 2.45) is 10.7 Å². The molecule has 3 rings (SSSR count). The zero-order chi connectivity index (χ0) is 20.5. The van der Waals surface area contributed by atoms with Gasteiger partial charge in [0.2, 0.25) is 5.95 Å². The summed E-state index contributed by atoms with van der Waals surface area (Å²) in [5.74, 6) is 1.89. The largest absolute Gasteiger partial charge is 0.370 e. The van der Waals surface area contributed by atoms with Gasteiger partial charge in [0, 0.05) is 57.3 Å². The molecule has 0 aliphatic carbocycles. The molecule has 1 aliphatic rings. The number of guanidine groups is 1. The van der Waals surface area contributed by atoms with Crippen LogP contribution in [0.15, 0.2) is 47.7 Å². The number of hydrogen-bond acceptors (Lipinski definition) is 5. The summed E-state index contributed by atoms with van der Waals surface area (Å²) in [6.07, 6.45) is 5.74. The number of nitrogens with one attached hydrogen (secondary N) is 1. The molecule has 1 aliphatic heterocycles. The van der Waals surface area contributed by atoms with Gasteiger partial charge in [-0.3, -0.25) is 9.89 Å². The van der Waals surface area contributed by atoms with Crippen molar-refractivity contribution in [2.75, 3.05) is 49.5 Å². The van der Waals surface area contributed by atoms with Gasteiger partial charge in [-0.25, -0.2) is 9.97 Å². The quantitative estimate of drug-likeness (QED) is 0.239. The number of nitrogens with zero attached hydrogens (tertiary/aromatic N) is 5. The Bertz CT molecular complexity index is 759. The molecule has 1 atom stereocenters. The number of nitrogens with two attached hydrogens (primary N) is 1. The summed E-state index contributed by atoms with van der Waals surface area (Å²) in [6, 6.07) is 10.3. The van der Waals surface area contributed by atoms with Gasteiger partial charge in [0.05, 0.1) is 0 Å². The topological polar surface area (TPSA) is 82.7 Å². The average Bonchev–Trinajstić information content (AvgIpc) is 2.78. The van der Waals surface area contributed by atoms with E-state index in [0.717, 1.165) is 63.7 Å². The fourth-order valence-electron chi connectivity index (χ4n) is 3.44. The number of benzene rings is 1. The Labute approximate surface area is 197 Å². The maximum atomic E-state index is 6.04. The fraction of sp³-hybridized carbons (Fsp3) is 0.500. The second-order valence-corrected chi connectivity index (χ2v) is 7.55. The van der Waals surface area contributed by atoms with E-state index in [0.29, 0.717) is 11.9 Å². The molecule has 1 aromatic carbocycles. The van der Waals surface area contributed by atoms with E-state index in [1.165, 1.54) is 5.56 Å². The molecule has 164 valence electrons. The number of hydrogen-bond donors (Lipinski definition) is 2. The van der Waals surface area contributed by atoms with Crippen LogP contribution < -0.4 is 16.0 Å². The molecular formula is C22H34IN7. The number of aliphatic imine (C=N–C) groups is 1. The Morgan fingerprint density at radius 3 is 2.43 bits per heavy atom. The number of piperazine rings is 1. The minimum Gasteiger partial charge on any atom is -0.370 e. The first-order chi connectivity index (χ1) is 14.2. The maximum Gasteiger partial charge on any atom is 0.225 e. The Balaban J connectivity index is 0.00000320. The van der Waals surface area contributed by atoms with Crippen molar-refractivity contribution < 1.29 is 0 Å². The summed E-state index contributed by atoms with van der Waals surface area (Å²) < 4.78 is 0. The molecule has 0 bridgehead atoms. The van der Waals surface area contributed by atoms with Crippen molar-refractivity contribution in [3.63, 3.8) is 0 Å². The highest BCUT2D eigenvalue weighted by Crippen LogP contribution is 2.20. The van der Waals surface area contributed by atoms with Crippen molar-refractivity contribution in [3.05, 3.63) is 48.3 Å². The summed E-state index contributed by atoms with van der Waals surface area (Å²) in [6.45, 7) is 10.2. The number of aromatic nitrogens is 2. The lowest BCUT2D eigenvalue weighted by atomic mass is 9.99. The molecule has 7 nitrogen and oxygen atoms in total. The van der Waals surface area contributed by atoms with Gasteiger partial charge in [-0.2, -0.15) is 0 Å². The van der Waals surface area contributed by atoms with E-state index >= 15 is 0 Å². The molecule has 3 N–H and O–H groups in total. The third-order valence-corrected chi connectivity index (χ3v) is 5.49. The van der Waals surface area contributed by atoms with Gasteiger partial charge >= 0.3 is 0 Å². The van der Waals surface area contributed by atoms with E-state index in [9.17, 15) is 0 Å². The zero-order valence-electron chi connectivity index (χ0n) is 18.0. The first-order valence-corrected chi connectivity index (χ1v) is 10.6. The second kappa shape index (κ2) is 12.7. The monoisotopic (exact) mass is 523 g/mol. The minimum atomic E-state index is 0. The van der Waals surface area contributed by atoms with E-state index < -0.39 is 0 Å². The lowest BCUT2D eigenvalue weighted by Gasteiger charge is -2.34. The first kappa shape index (κ1) is 24.3. The summed E-state index contributed by atoms with van der Waals surface area (Å²) in [4.78, 5) is 17.8. The lowest BCUT2D eigenvalue weighted by molar-refractivity contribution is 0.255. The molecule has 1 aromatic heterocycles. The lowest BCUT2D eigenvalue weighted by Crippen LogP contribution is -2.47. The smallest absolute Gasteiger partial charge is 0.225 e. The SMILES string of the molecule is CCC(C)c1ccc(NC(N)=NCCCN2CCN(c3ncccn3)CC2)cc1.I. The van der Waals surface area contributed by atoms with Crippen LogP contribution in [0.3, 0.4) is 0 Å². The van der Waals surface area contributed by atoms with Crippen LogP contribution >= 0.6 is 24.0 Å². The molecule has 2 aromatic rings. The third-order valence-electron chi connectivity index (χ3n) is 5.49. The van der Waals surface area contributed by atoms with E-state index in [-0.39, 0.29) is 24.0 Å². The zero-order valence-corrected chi connectivity index (χ0v) is 20.3. The molecule has 1 fully saturated rings. The van der Waals surface area contributed by atoms with Gasteiger partial charge in [-0.05, 0) is 42.5 Å². The van der Waals surface area contributed by atoms with Crippen molar-refractivity contribution in [1.82, 2.24) is 14.9 Å². The summed E-state index contributed by atoms with van der Waals surface area (Å²) in [5, 5.41) is 3.18. The highest BCUT2D eigenvalue weighted by Gasteiger charge is 2.18. The van der Waals surface area contributed by atoms with Crippen LogP contribution in [0.25, 0.3) is 0 Å². The molecule has 1 saturated heterocycles. The van der Waals surface area contributed by atoms with Gasteiger partial charge in [0.1, 0.15) is 0 Å². The molecule has 2 heterocycles. The Kier molecular flexibility index (Phi) is 10.3. The molecule has 1 unspecified atom stereocenters. The van der Waals surface area contributed by atoms with Crippen LogP contribution in [0.2, 0.25) is 0 Å². The van der Waals surface area contributed by atoms with E-state index in [1.54, 1.807) is 12.4 Å². The normalized spacial score (nSPS) is 16.1. The first-order valence-electron chi connectivity index (χ1n) is 10.6. The van der Waals surface area contributed by atoms with Crippen LogP contribution in [-0.4, -0.2) is 60.1 Å². The number of rotatable bonds is 8. The van der Waals surface area contributed by atoms with E-state index in [2.05, 4.69) is 68.2 Å².